The maximum atomic E-state index is 12.5. The molecule has 5 nitrogen and oxygen atoms in total. The molecule has 1 heterocycles. The minimum Gasteiger partial charge on any atom is -0.394 e. The van der Waals surface area contributed by atoms with Crippen molar-refractivity contribution in [2.75, 3.05) is 19.7 Å². The highest BCUT2D eigenvalue weighted by Gasteiger charge is 2.28. The van der Waals surface area contributed by atoms with E-state index in [1.165, 1.54) is 4.90 Å². The van der Waals surface area contributed by atoms with Crippen LogP contribution in [0.25, 0.3) is 10.9 Å². The van der Waals surface area contributed by atoms with E-state index in [1.54, 1.807) is 30.3 Å². The molecule has 0 amide bonds. The number of fused-ring (bicyclic) bond motifs is 1. The van der Waals surface area contributed by atoms with Crippen molar-refractivity contribution in [2.24, 2.45) is 0 Å². The summed E-state index contributed by atoms with van der Waals surface area (Å²) in [5, 5.41) is 19.2. The van der Waals surface area contributed by atoms with Crippen LogP contribution in [0.15, 0.2) is 35.1 Å². The van der Waals surface area contributed by atoms with E-state index in [4.69, 9.17) is 5.11 Å². The van der Waals surface area contributed by atoms with Crippen LogP contribution in [0.2, 0.25) is 0 Å². The van der Waals surface area contributed by atoms with Crippen molar-refractivity contribution in [3.05, 3.63) is 46.2 Å². The van der Waals surface area contributed by atoms with Crippen molar-refractivity contribution >= 4 is 10.9 Å². The average Bonchev–Trinajstić information content (AvgIpc) is 2.52. The smallest absolute Gasteiger partial charge is 0.390 e. The van der Waals surface area contributed by atoms with E-state index >= 15 is 0 Å². The first-order chi connectivity index (χ1) is 11.3. The van der Waals surface area contributed by atoms with Gasteiger partial charge in [-0.2, -0.15) is 13.2 Å². The van der Waals surface area contributed by atoms with Crippen molar-refractivity contribution in [3.8, 4) is 0 Å². The number of benzene rings is 1. The molecule has 0 saturated carbocycles. The van der Waals surface area contributed by atoms with E-state index < -0.39 is 25.3 Å². The average molecular weight is 344 g/mol. The fourth-order valence-corrected chi connectivity index (χ4v) is 2.43. The minimum absolute atomic E-state index is 0.0483. The summed E-state index contributed by atoms with van der Waals surface area (Å²) in [6, 6.07) is 8.71. The van der Waals surface area contributed by atoms with Gasteiger partial charge in [0.15, 0.2) is 0 Å². The lowest BCUT2D eigenvalue weighted by Crippen LogP contribution is -2.37. The Bertz CT molecular complexity index is 730. The number of aliphatic hydroxyl groups is 2. The van der Waals surface area contributed by atoms with Crippen molar-refractivity contribution in [2.45, 2.75) is 25.2 Å². The van der Waals surface area contributed by atoms with Gasteiger partial charge in [-0.05, 0) is 17.5 Å². The highest BCUT2D eigenvalue weighted by Crippen LogP contribution is 2.20. The molecular formula is C16H19F3N2O3. The van der Waals surface area contributed by atoms with Crippen LogP contribution in [-0.4, -0.2) is 52.1 Å². The minimum atomic E-state index is -4.34. The van der Waals surface area contributed by atoms with Crippen LogP contribution in [0.5, 0.6) is 0 Å². The van der Waals surface area contributed by atoms with Gasteiger partial charge in [0.1, 0.15) is 0 Å². The first kappa shape index (κ1) is 18.4. The molecule has 0 aliphatic carbocycles. The maximum Gasteiger partial charge on any atom is 0.390 e. The standard InChI is InChI=1S/C16H19F3N2O3/c17-16(18,19)5-6-21(9-13(23)10-22)8-12-7-11-3-1-2-4-14(11)20-15(12)24/h1-4,7,13,22-23H,5-6,8-10H2,(H,20,24)/t13-/m0/s1. The fourth-order valence-electron chi connectivity index (χ4n) is 2.43. The summed E-state index contributed by atoms with van der Waals surface area (Å²) in [6.45, 7) is -1.13. The molecule has 1 aromatic carbocycles. The van der Waals surface area contributed by atoms with Gasteiger partial charge in [0, 0.05) is 30.7 Å². The Morgan fingerprint density at radius 3 is 2.62 bits per heavy atom. The summed E-state index contributed by atoms with van der Waals surface area (Å²) in [5.74, 6) is 0. The van der Waals surface area contributed by atoms with Gasteiger partial charge >= 0.3 is 6.18 Å². The van der Waals surface area contributed by atoms with Gasteiger partial charge < -0.3 is 15.2 Å². The summed E-state index contributed by atoms with van der Waals surface area (Å²) in [6.07, 6.45) is -6.56. The number of pyridine rings is 1. The lowest BCUT2D eigenvalue weighted by Gasteiger charge is -2.24. The number of hydrogen-bond donors (Lipinski definition) is 3. The molecule has 2 rings (SSSR count). The molecule has 24 heavy (non-hydrogen) atoms. The Kier molecular flexibility index (Phi) is 5.98. The zero-order chi connectivity index (χ0) is 17.7. The van der Waals surface area contributed by atoms with Crippen LogP contribution in [0.1, 0.15) is 12.0 Å². The second kappa shape index (κ2) is 7.78. The molecule has 1 aromatic heterocycles. The van der Waals surface area contributed by atoms with Crippen molar-refractivity contribution in [3.63, 3.8) is 0 Å². The summed E-state index contributed by atoms with van der Waals surface area (Å²) in [7, 11) is 0. The molecule has 1 atom stereocenters. The molecule has 0 aliphatic rings. The summed E-state index contributed by atoms with van der Waals surface area (Å²) >= 11 is 0. The number of nitrogens with zero attached hydrogens (tertiary/aromatic N) is 1. The van der Waals surface area contributed by atoms with E-state index in [1.807, 2.05) is 0 Å². The molecule has 132 valence electrons. The van der Waals surface area contributed by atoms with E-state index in [0.717, 1.165) is 5.39 Å². The number of halogens is 3. The van der Waals surface area contributed by atoms with Gasteiger partial charge in [0.05, 0.1) is 19.1 Å². The summed E-state index contributed by atoms with van der Waals surface area (Å²) < 4.78 is 37.4. The molecule has 0 spiro atoms. The number of nitrogens with one attached hydrogen (secondary N) is 1. The van der Waals surface area contributed by atoms with Gasteiger partial charge in [-0.1, -0.05) is 18.2 Å². The van der Waals surface area contributed by atoms with Crippen LogP contribution < -0.4 is 5.56 Å². The summed E-state index contributed by atoms with van der Waals surface area (Å²) in [5.41, 5.74) is 0.564. The molecule has 0 unspecified atom stereocenters. The van der Waals surface area contributed by atoms with E-state index in [9.17, 15) is 23.1 Å². The first-order valence-corrected chi connectivity index (χ1v) is 7.47. The number of aromatic nitrogens is 1. The van der Waals surface area contributed by atoms with Crippen LogP contribution in [0.3, 0.4) is 0 Å². The molecule has 0 saturated heterocycles. The van der Waals surface area contributed by atoms with Crippen LogP contribution in [0.4, 0.5) is 13.2 Å². The normalized spacial score (nSPS) is 13.6. The second-order valence-electron chi connectivity index (χ2n) is 5.65. The maximum absolute atomic E-state index is 12.5. The van der Waals surface area contributed by atoms with Gasteiger partial charge in [0.2, 0.25) is 0 Å². The molecule has 3 N–H and O–H groups in total. The number of aromatic amines is 1. The molecule has 0 fully saturated rings. The van der Waals surface area contributed by atoms with Gasteiger partial charge in [-0.15, -0.1) is 0 Å². The number of alkyl halides is 3. The fraction of sp³-hybridized carbons (Fsp3) is 0.438. The Morgan fingerprint density at radius 2 is 1.96 bits per heavy atom. The first-order valence-electron chi connectivity index (χ1n) is 7.47. The zero-order valence-electron chi connectivity index (χ0n) is 12.9. The zero-order valence-corrected chi connectivity index (χ0v) is 12.9. The van der Waals surface area contributed by atoms with Gasteiger partial charge in [-0.3, -0.25) is 9.69 Å². The topological polar surface area (TPSA) is 76.6 Å². The molecule has 2 aromatic rings. The predicted octanol–water partition coefficient (Wildman–Crippen LogP) is 1.64. The van der Waals surface area contributed by atoms with Crippen molar-refractivity contribution < 1.29 is 23.4 Å². The molecule has 0 radical (unpaired) electrons. The SMILES string of the molecule is O=c1[nH]c2ccccc2cc1CN(CCC(F)(F)F)C[C@H](O)CO. The van der Waals surface area contributed by atoms with E-state index in [0.29, 0.717) is 11.1 Å². The molecule has 8 heteroatoms. The van der Waals surface area contributed by atoms with Crippen LogP contribution in [0, 0.1) is 0 Å². The Hall–Kier alpha value is -1.90. The number of aliphatic hydroxyl groups excluding tert-OH is 2. The highest BCUT2D eigenvalue weighted by atomic mass is 19.4. The largest absolute Gasteiger partial charge is 0.394 e. The Balaban J connectivity index is 2.21. The van der Waals surface area contributed by atoms with E-state index in [2.05, 4.69) is 4.98 Å². The lowest BCUT2D eigenvalue weighted by molar-refractivity contribution is -0.139. The number of rotatable bonds is 7. The van der Waals surface area contributed by atoms with Crippen molar-refractivity contribution in [1.29, 1.82) is 0 Å². The number of hydrogen-bond acceptors (Lipinski definition) is 4. The monoisotopic (exact) mass is 344 g/mol. The third kappa shape index (κ3) is 5.33. The Labute approximate surface area is 136 Å². The predicted molar refractivity (Wildman–Crippen MR) is 83.6 cm³/mol. The van der Waals surface area contributed by atoms with Gasteiger partial charge in [0.25, 0.3) is 5.56 Å². The van der Waals surface area contributed by atoms with Crippen LogP contribution >= 0.6 is 0 Å². The highest BCUT2D eigenvalue weighted by molar-refractivity contribution is 5.78. The van der Waals surface area contributed by atoms with Crippen molar-refractivity contribution in [1.82, 2.24) is 9.88 Å². The van der Waals surface area contributed by atoms with Gasteiger partial charge in [-0.25, -0.2) is 0 Å². The summed E-state index contributed by atoms with van der Waals surface area (Å²) in [4.78, 5) is 16.1. The third-order valence-electron chi connectivity index (χ3n) is 3.62. The molecule has 0 bridgehead atoms. The number of para-hydroxylation sites is 1. The van der Waals surface area contributed by atoms with E-state index in [-0.39, 0.29) is 25.2 Å². The molecule has 0 aliphatic heterocycles. The molecular weight excluding hydrogens is 325 g/mol. The lowest BCUT2D eigenvalue weighted by atomic mass is 10.1. The second-order valence-corrected chi connectivity index (χ2v) is 5.65. The van der Waals surface area contributed by atoms with Crippen LogP contribution in [-0.2, 0) is 6.54 Å². The third-order valence-corrected chi connectivity index (χ3v) is 3.62. The number of H-pyrrole nitrogens is 1. The Morgan fingerprint density at radius 1 is 1.25 bits per heavy atom. The quantitative estimate of drug-likeness (QED) is 0.714.